The van der Waals surface area contributed by atoms with Gasteiger partial charge in [-0.1, -0.05) is 0 Å². The second-order valence-electron chi connectivity index (χ2n) is 9.67. The minimum absolute atomic E-state index is 0.0885. The Morgan fingerprint density at radius 1 is 0.897 bits per heavy atom. The smallest absolute Gasteiger partial charge is 0.410 e. The minimum atomic E-state index is -0.466. The predicted molar refractivity (Wildman–Crippen MR) is 109 cm³/mol. The van der Waals surface area contributed by atoms with E-state index in [2.05, 4.69) is 16.0 Å². The number of amides is 3. The van der Waals surface area contributed by atoms with Gasteiger partial charge in [-0.25, -0.2) is 4.79 Å². The number of hydrogen-bond donors (Lipinski definition) is 3. The normalized spacial score (nSPS) is 26.4. The number of nitrogens with zero attached hydrogens (tertiary/aromatic N) is 1. The zero-order valence-electron chi connectivity index (χ0n) is 18.0. The second-order valence-corrected chi connectivity index (χ2v) is 9.67. The first kappa shape index (κ1) is 21.9. The van der Waals surface area contributed by atoms with Gasteiger partial charge in [0.25, 0.3) is 0 Å². The van der Waals surface area contributed by atoms with Gasteiger partial charge in [-0.3, -0.25) is 9.59 Å². The van der Waals surface area contributed by atoms with Crippen LogP contribution in [0.3, 0.4) is 0 Å². The highest BCUT2D eigenvalue weighted by Gasteiger charge is 2.35. The molecule has 8 heteroatoms. The van der Waals surface area contributed by atoms with Crippen molar-refractivity contribution in [2.24, 2.45) is 11.8 Å². The highest BCUT2D eigenvalue weighted by molar-refractivity contribution is 5.81. The minimum Gasteiger partial charge on any atom is -0.444 e. The van der Waals surface area contributed by atoms with E-state index >= 15 is 0 Å². The van der Waals surface area contributed by atoms with E-state index in [-0.39, 0.29) is 29.9 Å². The van der Waals surface area contributed by atoms with Crippen LogP contribution in [0.5, 0.6) is 0 Å². The van der Waals surface area contributed by atoms with Gasteiger partial charge in [0.15, 0.2) is 0 Å². The summed E-state index contributed by atoms with van der Waals surface area (Å²) >= 11 is 0. The van der Waals surface area contributed by atoms with E-state index < -0.39 is 5.60 Å². The Balaban J connectivity index is 0.000000186. The Morgan fingerprint density at radius 3 is 1.97 bits per heavy atom. The van der Waals surface area contributed by atoms with Gasteiger partial charge in [-0.05, 0) is 65.8 Å². The lowest BCUT2D eigenvalue weighted by Crippen LogP contribution is -2.40. The molecule has 0 aromatic carbocycles. The van der Waals surface area contributed by atoms with Crippen LogP contribution in [0.25, 0.3) is 0 Å². The number of nitrogens with one attached hydrogen (secondary N) is 3. The van der Waals surface area contributed by atoms with Crippen LogP contribution < -0.4 is 16.0 Å². The van der Waals surface area contributed by atoms with Crippen molar-refractivity contribution in [3.63, 3.8) is 0 Å². The van der Waals surface area contributed by atoms with Crippen LogP contribution in [0.15, 0.2) is 0 Å². The fourth-order valence-electron chi connectivity index (χ4n) is 3.48. The average molecular weight is 409 g/mol. The largest absolute Gasteiger partial charge is 0.444 e. The molecule has 0 aromatic heterocycles. The lowest BCUT2D eigenvalue weighted by Gasteiger charge is -2.24. The molecule has 8 nitrogen and oxygen atoms in total. The van der Waals surface area contributed by atoms with Crippen molar-refractivity contribution in [1.29, 1.82) is 0 Å². The third-order valence-corrected chi connectivity index (χ3v) is 5.49. The Morgan fingerprint density at radius 2 is 1.48 bits per heavy atom. The van der Waals surface area contributed by atoms with E-state index in [9.17, 15) is 14.4 Å². The first-order valence-electron chi connectivity index (χ1n) is 11.0. The number of likely N-dealkylation sites (tertiary alicyclic amines) is 1. The maximum Gasteiger partial charge on any atom is 0.410 e. The molecule has 0 unspecified atom stereocenters. The lowest BCUT2D eigenvalue weighted by atomic mass is 10.2. The summed E-state index contributed by atoms with van der Waals surface area (Å²) in [4.78, 5) is 36.3. The van der Waals surface area contributed by atoms with Crippen LogP contribution in [0, 0.1) is 11.8 Å². The van der Waals surface area contributed by atoms with Crippen molar-refractivity contribution in [3.05, 3.63) is 0 Å². The summed E-state index contributed by atoms with van der Waals surface area (Å²) in [6, 6.07) is 0.494. The molecule has 164 valence electrons. The average Bonchev–Trinajstić information content (AvgIpc) is 3.56. The third-order valence-electron chi connectivity index (χ3n) is 5.49. The quantitative estimate of drug-likeness (QED) is 0.653. The topological polar surface area (TPSA) is 99.8 Å². The molecular weight excluding hydrogens is 372 g/mol. The molecule has 3 amide bonds. The second kappa shape index (κ2) is 9.32. The Bertz CT molecular complexity index is 604. The van der Waals surface area contributed by atoms with Gasteiger partial charge in [0.05, 0.1) is 0 Å². The molecule has 4 aliphatic rings. The Kier molecular flexibility index (Phi) is 7.03. The summed E-state index contributed by atoms with van der Waals surface area (Å²) in [5.41, 5.74) is -0.466. The van der Waals surface area contributed by atoms with E-state index in [4.69, 9.17) is 4.74 Å². The molecule has 2 heterocycles. The highest BCUT2D eigenvalue weighted by atomic mass is 16.6. The number of ether oxygens (including phenoxy) is 1. The summed E-state index contributed by atoms with van der Waals surface area (Å²) in [5, 5.41) is 9.26. The van der Waals surface area contributed by atoms with E-state index in [1.54, 1.807) is 4.90 Å². The standard InChI is InChI=1S/C13H22N2O3.C8H14N2O/c1-13(2,3)18-12(17)15-7-6-10(8-15)14-11(16)9-4-5-9;11-8(6-1-2-6)10-7-3-4-9-5-7/h9-10H,4-8H2,1-3H3,(H,14,16);6-7,9H,1-5H2,(H,10,11)/t10-;7-/m11/s1. The fourth-order valence-corrected chi connectivity index (χ4v) is 3.48. The van der Waals surface area contributed by atoms with Gasteiger partial charge in [0.1, 0.15) is 5.60 Å². The van der Waals surface area contributed by atoms with E-state index in [1.165, 1.54) is 0 Å². The van der Waals surface area contributed by atoms with Crippen LogP contribution in [0.4, 0.5) is 4.79 Å². The summed E-state index contributed by atoms with van der Waals surface area (Å²) < 4.78 is 5.31. The van der Waals surface area contributed by atoms with E-state index in [0.29, 0.717) is 25.0 Å². The molecule has 29 heavy (non-hydrogen) atoms. The van der Waals surface area contributed by atoms with Gasteiger partial charge in [0, 0.05) is 43.6 Å². The molecule has 2 saturated heterocycles. The molecule has 2 saturated carbocycles. The van der Waals surface area contributed by atoms with Crippen LogP contribution in [-0.4, -0.2) is 66.7 Å². The number of carbonyl (C=O) groups excluding carboxylic acids is 3. The molecule has 0 radical (unpaired) electrons. The monoisotopic (exact) mass is 408 g/mol. The van der Waals surface area contributed by atoms with Gasteiger partial charge < -0.3 is 25.6 Å². The number of carbonyl (C=O) groups is 3. The Hall–Kier alpha value is -1.83. The van der Waals surface area contributed by atoms with Crippen molar-refractivity contribution in [2.45, 2.75) is 77.0 Å². The molecule has 4 fully saturated rings. The van der Waals surface area contributed by atoms with Gasteiger partial charge in [0.2, 0.25) is 11.8 Å². The summed E-state index contributed by atoms with van der Waals surface area (Å²) in [5.74, 6) is 1.00. The van der Waals surface area contributed by atoms with E-state index in [0.717, 1.165) is 51.6 Å². The van der Waals surface area contributed by atoms with Crippen molar-refractivity contribution in [2.75, 3.05) is 26.2 Å². The van der Waals surface area contributed by atoms with Crippen LogP contribution in [0.2, 0.25) is 0 Å². The molecule has 3 N–H and O–H groups in total. The van der Waals surface area contributed by atoms with Crippen LogP contribution in [-0.2, 0) is 14.3 Å². The molecule has 0 spiro atoms. The third kappa shape index (κ3) is 7.49. The molecule has 0 aromatic rings. The van der Waals surface area contributed by atoms with E-state index in [1.807, 2.05) is 20.8 Å². The summed E-state index contributed by atoms with van der Waals surface area (Å²) in [7, 11) is 0. The summed E-state index contributed by atoms with van der Waals surface area (Å²) in [6.07, 6.45) is 5.85. The first-order chi connectivity index (χ1) is 13.7. The first-order valence-corrected chi connectivity index (χ1v) is 11.0. The zero-order valence-corrected chi connectivity index (χ0v) is 18.0. The molecule has 2 atom stereocenters. The van der Waals surface area contributed by atoms with Crippen molar-refractivity contribution < 1.29 is 19.1 Å². The molecular formula is C21H36N4O4. The predicted octanol–water partition coefficient (Wildman–Crippen LogP) is 1.40. The molecule has 4 rings (SSSR count). The maximum absolute atomic E-state index is 11.8. The lowest BCUT2D eigenvalue weighted by molar-refractivity contribution is -0.123. The van der Waals surface area contributed by atoms with Gasteiger partial charge >= 0.3 is 6.09 Å². The highest BCUT2D eigenvalue weighted by Crippen LogP contribution is 2.29. The zero-order chi connectivity index (χ0) is 21.0. The maximum atomic E-state index is 11.8. The number of hydrogen-bond acceptors (Lipinski definition) is 5. The SMILES string of the molecule is CC(C)(C)OC(=O)N1CC[C@@H](NC(=O)C2CC2)C1.O=C(N[C@@H]1CCNC1)C1CC1. The van der Waals surface area contributed by atoms with Crippen molar-refractivity contribution in [1.82, 2.24) is 20.9 Å². The van der Waals surface area contributed by atoms with Gasteiger partial charge in [-0.15, -0.1) is 0 Å². The Labute approximate surface area is 173 Å². The summed E-state index contributed by atoms with van der Waals surface area (Å²) in [6.45, 7) is 8.79. The fraction of sp³-hybridized carbons (Fsp3) is 0.857. The molecule has 2 aliphatic heterocycles. The van der Waals surface area contributed by atoms with Crippen LogP contribution in [0.1, 0.15) is 59.3 Å². The van der Waals surface area contributed by atoms with Crippen molar-refractivity contribution in [3.8, 4) is 0 Å². The number of rotatable bonds is 4. The van der Waals surface area contributed by atoms with Crippen molar-refractivity contribution >= 4 is 17.9 Å². The molecule has 0 bridgehead atoms. The van der Waals surface area contributed by atoms with Gasteiger partial charge in [-0.2, -0.15) is 0 Å². The van der Waals surface area contributed by atoms with Crippen LogP contribution >= 0.6 is 0 Å². The molecule has 2 aliphatic carbocycles.